The first-order valence-electron chi connectivity index (χ1n) is 4.12. The van der Waals surface area contributed by atoms with Crippen LogP contribution in [0.5, 0.6) is 0 Å². The van der Waals surface area contributed by atoms with Crippen LogP contribution in [0.15, 0.2) is 17.5 Å². The molecule has 0 saturated heterocycles. The Balaban J connectivity index is 2.23. The molecule has 0 fully saturated rings. The summed E-state index contributed by atoms with van der Waals surface area (Å²) in [5.74, 6) is -0.233. The fraction of sp³-hybridized carbons (Fsp3) is 0.444. The fourth-order valence-corrected chi connectivity index (χ4v) is 1.48. The van der Waals surface area contributed by atoms with Gasteiger partial charge in [-0.15, -0.1) is 11.3 Å². The monoisotopic (exact) mass is 199 g/mol. The van der Waals surface area contributed by atoms with Gasteiger partial charge in [0.2, 0.25) is 0 Å². The molecule has 13 heavy (non-hydrogen) atoms. The standard InChI is InChI=1S/C9H13NO2S/c1-7(10)5-9(11)12-6-8-3-2-4-13-8/h2-4,7H,5-6,10H2,1H3. The Morgan fingerprint density at radius 1 is 1.77 bits per heavy atom. The van der Waals surface area contributed by atoms with Crippen LogP contribution in [0.3, 0.4) is 0 Å². The molecule has 0 saturated carbocycles. The SMILES string of the molecule is CC(N)CC(=O)OCc1cccs1. The molecule has 1 aromatic heterocycles. The van der Waals surface area contributed by atoms with Gasteiger partial charge in [0.05, 0.1) is 6.42 Å². The van der Waals surface area contributed by atoms with Crippen molar-refractivity contribution in [3.05, 3.63) is 22.4 Å². The zero-order chi connectivity index (χ0) is 9.68. The van der Waals surface area contributed by atoms with Crippen LogP contribution in [0.4, 0.5) is 0 Å². The second-order valence-corrected chi connectivity index (χ2v) is 3.95. The number of hydrogen-bond donors (Lipinski definition) is 1. The summed E-state index contributed by atoms with van der Waals surface area (Å²) in [5, 5.41) is 1.95. The van der Waals surface area contributed by atoms with Crippen molar-refractivity contribution >= 4 is 17.3 Å². The second-order valence-electron chi connectivity index (χ2n) is 2.92. The topological polar surface area (TPSA) is 52.3 Å². The highest BCUT2D eigenvalue weighted by atomic mass is 32.1. The largest absolute Gasteiger partial charge is 0.460 e. The third kappa shape index (κ3) is 4.05. The Kier molecular flexibility index (Phi) is 3.92. The number of hydrogen-bond acceptors (Lipinski definition) is 4. The smallest absolute Gasteiger partial charge is 0.307 e. The summed E-state index contributed by atoms with van der Waals surface area (Å²) in [6.45, 7) is 2.15. The highest BCUT2D eigenvalue weighted by Crippen LogP contribution is 2.09. The van der Waals surface area contributed by atoms with Crippen molar-refractivity contribution in [2.24, 2.45) is 5.73 Å². The molecule has 4 heteroatoms. The zero-order valence-corrected chi connectivity index (χ0v) is 8.34. The Hall–Kier alpha value is -0.870. The highest BCUT2D eigenvalue weighted by Gasteiger charge is 2.06. The van der Waals surface area contributed by atoms with E-state index in [4.69, 9.17) is 10.5 Å². The van der Waals surface area contributed by atoms with Gasteiger partial charge in [-0.1, -0.05) is 6.07 Å². The predicted molar refractivity (Wildman–Crippen MR) is 52.4 cm³/mol. The summed E-state index contributed by atoms with van der Waals surface area (Å²) in [4.78, 5) is 12.1. The number of thiophene rings is 1. The predicted octanol–water partition coefficient (Wildman–Crippen LogP) is 1.53. The first kappa shape index (κ1) is 10.2. The Bertz CT molecular complexity index is 257. The molecule has 0 aliphatic rings. The molecule has 3 nitrogen and oxygen atoms in total. The first-order chi connectivity index (χ1) is 6.18. The van der Waals surface area contributed by atoms with Gasteiger partial charge >= 0.3 is 5.97 Å². The molecule has 0 bridgehead atoms. The molecule has 0 amide bonds. The van der Waals surface area contributed by atoms with Crippen molar-refractivity contribution in [2.75, 3.05) is 0 Å². The lowest BCUT2D eigenvalue weighted by Gasteiger charge is -2.04. The molecule has 0 radical (unpaired) electrons. The lowest BCUT2D eigenvalue weighted by atomic mass is 10.3. The van der Waals surface area contributed by atoms with Crippen LogP contribution in [0.2, 0.25) is 0 Å². The molecule has 2 N–H and O–H groups in total. The van der Waals surface area contributed by atoms with Crippen LogP contribution in [-0.2, 0) is 16.1 Å². The van der Waals surface area contributed by atoms with Crippen LogP contribution in [0.1, 0.15) is 18.2 Å². The Morgan fingerprint density at radius 3 is 3.08 bits per heavy atom. The molecule has 0 aliphatic heterocycles. The molecular weight excluding hydrogens is 186 g/mol. The van der Waals surface area contributed by atoms with Gasteiger partial charge in [0.1, 0.15) is 6.61 Å². The van der Waals surface area contributed by atoms with E-state index in [1.165, 1.54) is 0 Å². The van der Waals surface area contributed by atoms with E-state index in [0.29, 0.717) is 6.61 Å². The maximum absolute atomic E-state index is 11.1. The maximum atomic E-state index is 11.1. The molecule has 72 valence electrons. The minimum absolute atomic E-state index is 0.129. The number of carbonyl (C=O) groups excluding carboxylic acids is 1. The number of ether oxygens (including phenoxy) is 1. The van der Waals surface area contributed by atoms with Gasteiger partial charge in [-0.2, -0.15) is 0 Å². The average Bonchev–Trinajstić information content (AvgIpc) is 2.51. The molecular formula is C9H13NO2S. The quantitative estimate of drug-likeness (QED) is 0.748. The molecule has 0 aliphatic carbocycles. The zero-order valence-electron chi connectivity index (χ0n) is 7.53. The molecule has 1 atom stereocenters. The lowest BCUT2D eigenvalue weighted by molar-refractivity contribution is -0.145. The van der Waals surface area contributed by atoms with Gasteiger partial charge < -0.3 is 10.5 Å². The number of carbonyl (C=O) groups is 1. The molecule has 1 aromatic rings. The van der Waals surface area contributed by atoms with Gasteiger partial charge in [-0.25, -0.2) is 0 Å². The van der Waals surface area contributed by atoms with E-state index in [-0.39, 0.29) is 18.4 Å². The fourth-order valence-electron chi connectivity index (χ4n) is 0.868. The highest BCUT2D eigenvalue weighted by molar-refractivity contribution is 7.09. The summed E-state index contributed by atoms with van der Waals surface area (Å²) >= 11 is 1.58. The van der Waals surface area contributed by atoms with Gasteiger partial charge in [0, 0.05) is 10.9 Å². The normalized spacial score (nSPS) is 12.5. The maximum Gasteiger partial charge on any atom is 0.307 e. The van der Waals surface area contributed by atoms with Crippen molar-refractivity contribution in [3.63, 3.8) is 0 Å². The van der Waals surface area contributed by atoms with Crippen LogP contribution in [0, 0.1) is 0 Å². The van der Waals surface area contributed by atoms with Crippen LogP contribution >= 0.6 is 11.3 Å². The van der Waals surface area contributed by atoms with Gasteiger partial charge in [-0.05, 0) is 18.4 Å². The molecule has 1 unspecified atom stereocenters. The first-order valence-corrected chi connectivity index (χ1v) is 5.00. The average molecular weight is 199 g/mol. The summed E-state index contributed by atoms with van der Waals surface area (Å²) in [6.07, 6.45) is 0.283. The van der Waals surface area contributed by atoms with E-state index in [1.807, 2.05) is 17.5 Å². The van der Waals surface area contributed by atoms with E-state index < -0.39 is 0 Å². The third-order valence-electron chi connectivity index (χ3n) is 1.44. The van der Waals surface area contributed by atoms with Gasteiger partial charge in [-0.3, -0.25) is 4.79 Å². The van der Waals surface area contributed by atoms with Crippen molar-refractivity contribution in [1.82, 2.24) is 0 Å². The minimum atomic E-state index is -0.233. The van der Waals surface area contributed by atoms with Crippen molar-refractivity contribution < 1.29 is 9.53 Å². The number of nitrogens with two attached hydrogens (primary N) is 1. The molecule has 0 aromatic carbocycles. The Labute approximate surface area is 81.5 Å². The van der Waals surface area contributed by atoms with Crippen molar-refractivity contribution in [2.45, 2.75) is 26.0 Å². The second kappa shape index (κ2) is 4.99. The van der Waals surface area contributed by atoms with Crippen LogP contribution in [0.25, 0.3) is 0 Å². The van der Waals surface area contributed by atoms with Crippen molar-refractivity contribution in [1.29, 1.82) is 0 Å². The Morgan fingerprint density at radius 2 is 2.54 bits per heavy atom. The van der Waals surface area contributed by atoms with E-state index in [2.05, 4.69) is 0 Å². The third-order valence-corrected chi connectivity index (χ3v) is 2.29. The van der Waals surface area contributed by atoms with Crippen LogP contribution < -0.4 is 5.73 Å². The molecule has 1 rings (SSSR count). The number of esters is 1. The molecule has 1 heterocycles. The van der Waals surface area contributed by atoms with E-state index >= 15 is 0 Å². The summed E-state index contributed by atoms with van der Waals surface area (Å²) in [5.41, 5.74) is 5.44. The van der Waals surface area contributed by atoms with Crippen molar-refractivity contribution in [3.8, 4) is 0 Å². The lowest BCUT2D eigenvalue weighted by Crippen LogP contribution is -2.20. The van der Waals surface area contributed by atoms with E-state index in [0.717, 1.165) is 4.88 Å². The summed E-state index contributed by atoms with van der Waals surface area (Å²) in [6, 6.07) is 3.74. The molecule has 0 spiro atoms. The van der Waals surface area contributed by atoms with E-state index in [9.17, 15) is 4.79 Å². The summed E-state index contributed by atoms with van der Waals surface area (Å²) < 4.78 is 4.99. The van der Waals surface area contributed by atoms with E-state index in [1.54, 1.807) is 18.3 Å². The minimum Gasteiger partial charge on any atom is -0.460 e. The number of rotatable bonds is 4. The summed E-state index contributed by atoms with van der Waals surface area (Å²) in [7, 11) is 0. The van der Waals surface area contributed by atoms with Crippen LogP contribution in [-0.4, -0.2) is 12.0 Å². The van der Waals surface area contributed by atoms with Gasteiger partial charge in [0.15, 0.2) is 0 Å². The van der Waals surface area contributed by atoms with Gasteiger partial charge in [0.25, 0.3) is 0 Å².